The van der Waals surface area contributed by atoms with Gasteiger partial charge in [0.15, 0.2) is 0 Å². The summed E-state index contributed by atoms with van der Waals surface area (Å²) in [6.07, 6.45) is 7.22. The number of rotatable bonds is 7. The van der Waals surface area contributed by atoms with Crippen molar-refractivity contribution in [2.75, 3.05) is 20.2 Å². The van der Waals surface area contributed by atoms with Crippen LogP contribution in [0.5, 0.6) is 0 Å². The molecule has 6 heteroatoms. The Morgan fingerprint density at radius 1 is 1.38 bits per heavy atom. The van der Waals surface area contributed by atoms with Gasteiger partial charge < -0.3 is 20.6 Å². The summed E-state index contributed by atoms with van der Waals surface area (Å²) >= 11 is 0. The third kappa shape index (κ3) is 5.60. The van der Waals surface area contributed by atoms with E-state index in [1.165, 1.54) is 26.7 Å². The number of hydrogen-bond donors (Lipinski definition) is 4. The lowest BCUT2D eigenvalue weighted by atomic mass is 9.81. The zero-order valence-electron chi connectivity index (χ0n) is 13.0. The molecule has 2 fully saturated rings. The zero-order chi connectivity index (χ0) is 15.7. The minimum absolute atomic E-state index is 0.117. The first-order valence-corrected chi connectivity index (χ1v) is 8.09. The summed E-state index contributed by atoms with van der Waals surface area (Å²) in [6.45, 7) is 0.927. The average molecular weight is 298 g/mol. The Morgan fingerprint density at radius 2 is 2.14 bits per heavy atom. The van der Waals surface area contributed by atoms with Crippen molar-refractivity contribution >= 4 is 13.5 Å². The molecule has 4 atom stereocenters. The van der Waals surface area contributed by atoms with Crippen molar-refractivity contribution in [3.8, 4) is 0 Å². The van der Waals surface area contributed by atoms with E-state index in [9.17, 15) is 9.90 Å². The first kappa shape index (κ1) is 18.5. The van der Waals surface area contributed by atoms with Gasteiger partial charge in [-0.3, -0.25) is 4.79 Å². The van der Waals surface area contributed by atoms with Gasteiger partial charge in [-0.2, -0.15) is 0 Å². The number of likely N-dealkylation sites (N-methyl/N-ethyl adjacent to an activating group) is 1. The molecule has 0 aromatic carbocycles. The molecule has 0 heterocycles. The van der Waals surface area contributed by atoms with E-state index in [0.717, 1.165) is 19.3 Å². The largest absolute Gasteiger partial charge is 0.481 e. The molecule has 1 radical (unpaired) electrons. The molecular weight excluding hydrogens is 269 g/mol. The van der Waals surface area contributed by atoms with Gasteiger partial charge in [-0.1, -0.05) is 25.6 Å². The van der Waals surface area contributed by atoms with E-state index in [1.807, 2.05) is 0 Å². The summed E-state index contributed by atoms with van der Waals surface area (Å²) in [5.74, 6) is 0.968. The molecule has 2 aliphatic rings. The Balaban J connectivity index is 0.000000383. The predicted molar refractivity (Wildman–Crippen MR) is 83.1 cm³/mol. The maximum atomic E-state index is 11.2. The third-order valence-corrected chi connectivity index (χ3v) is 4.89. The van der Waals surface area contributed by atoms with Crippen molar-refractivity contribution in [3.63, 3.8) is 0 Å². The lowest BCUT2D eigenvalue weighted by Crippen LogP contribution is -2.22. The summed E-state index contributed by atoms with van der Waals surface area (Å²) in [5, 5.41) is 28.7. The van der Waals surface area contributed by atoms with Gasteiger partial charge >= 0.3 is 5.97 Å². The highest BCUT2D eigenvalue weighted by molar-refractivity contribution is 6.25. The average Bonchev–Trinajstić information content (AvgIpc) is 3.02. The zero-order valence-corrected chi connectivity index (χ0v) is 13.0. The minimum atomic E-state index is -0.604. The van der Waals surface area contributed by atoms with Gasteiger partial charge in [0, 0.05) is 6.54 Å². The summed E-state index contributed by atoms with van der Waals surface area (Å²) in [7, 11) is 2.99. The van der Waals surface area contributed by atoms with Gasteiger partial charge in [0.25, 0.3) is 7.48 Å². The molecule has 0 bridgehead atoms. The van der Waals surface area contributed by atoms with Crippen LogP contribution in [0.3, 0.4) is 0 Å². The highest BCUT2D eigenvalue weighted by Gasteiger charge is 2.47. The fourth-order valence-electron chi connectivity index (χ4n) is 3.98. The van der Waals surface area contributed by atoms with E-state index in [-0.39, 0.29) is 12.5 Å². The van der Waals surface area contributed by atoms with E-state index in [2.05, 4.69) is 5.32 Å². The second-order valence-electron chi connectivity index (χ2n) is 6.14. The lowest BCUT2D eigenvalue weighted by Gasteiger charge is -2.21. The summed E-state index contributed by atoms with van der Waals surface area (Å²) in [6, 6.07) is 0. The van der Waals surface area contributed by atoms with Crippen LogP contribution in [0.4, 0.5) is 0 Å². The van der Waals surface area contributed by atoms with Crippen LogP contribution >= 0.6 is 0 Å². The minimum Gasteiger partial charge on any atom is -0.481 e. The summed E-state index contributed by atoms with van der Waals surface area (Å²) in [5.41, 5.74) is 0. The topological polar surface area (TPSA) is 89.8 Å². The first-order chi connectivity index (χ1) is 10.2. The molecule has 21 heavy (non-hydrogen) atoms. The molecule has 5 nitrogen and oxygen atoms in total. The van der Waals surface area contributed by atoms with Crippen molar-refractivity contribution in [2.45, 2.75) is 44.8 Å². The van der Waals surface area contributed by atoms with Crippen molar-refractivity contribution in [1.82, 2.24) is 5.32 Å². The smallest absolute Gasteiger partial charge is 0.306 e. The molecule has 0 saturated heterocycles. The Morgan fingerprint density at radius 3 is 2.67 bits per heavy atom. The van der Waals surface area contributed by atoms with Crippen LogP contribution in [-0.4, -0.2) is 48.9 Å². The predicted octanol–water partition coefficient (Wildman–Crippen LogP) is 1.13. The van der Waals surface area contributed by atoms with Crippen molar-refractivity contribution in [1.29, 1.82) is 0 Å². The monoisotopic (exact) mass is 298 g/mol. The van der Waals surface area contributed by atoms with E-state index in [4.69, 9.17) is 10.1 Å². The molecule has 2 aliphatic carbocycles. The highest BCUT2D eigenvalue weighted by atomic mass is 16.4. The molecule has 0 spiro atoms. The maximum absolute atomic E-state index is 11.2. The van der Waals surface area contributed by atoms with Gasteiger partial charge in [-0.15, -0.1) is 0 Å². The molecule has 4 unspecified atom stereocenters. The van der Waals surface area contributed by atoms with Crippen molar-refractivity contribution < 1.29 is 20.0 Å². The van der Waals surface area contributed by atoms with Crippen LogP contribution < -0.4 is 5.32 Å². The number of carboxylic acid groups (broad SMARTS) is 1. The van der Waals surface area contributed by atoms with Crippen LogP contribution in [-0.2, 0) is 4.79 Å². The van der Waals surface area contributed by atoms with Crippen LogP contribution in [0, 0.1) is 23.7 Å². The van der Waals surface area contributed by atoms with Gasteiger partial charge in [0.05, 0.1) is 12.5 Å². The third-order valence-electron chi connectivity index (χ3n) is 4.89. The van der Waals surface area contributed by atoms with Crippen molar-refractivity contribution in [2.24, 2.45) is 23.7 Å². The molecular formula is C15H29BNO4. The Bertz CT molecular complexity index is 301. The summed E-state index contributed by atoms with van der Waals surface area (Å²) in [4.78, 5) is 11.2. The number of fused-ring (bicyclic) bond motifs is 1. The second kappa shape index (κ2) is 10.2. The lowest BCUT2D eigenvalue weighted by molar-refractivity contribution is -0.143. The van der Waals surface area contributed by atoms with Gasteiger partial charge in [-0.05, 0) is 44.1 Å². The van der Waals surface area contributed by atoms with Crippen LogP contribution in [0.25, 0.3) is 0 Å². The van der Waals surface area contributed by atoms with Crippen LogP contribution in [0.1, 0.15) is 38.5 Å². The highest BCUT2D eigenvalue weighted by Crippen LogP contribution is 2.52. The maximum Gasteiger partial charge on any atom is 0.306 e. The number of hydrogen-bond acceptors (Lipinski definition) is 4. The van der Waals surface area contributed by atoms with E-state index in [1.54, 1.807) is 7.05 Å². The van der Waals surface area contributed by atoms with E-state index in [0.29, 0.717) is 30.6 Å². The van der Waals surface area contributed by atoms with E-state index >= 15 is 0 Å². The Hall–Kier alpha value is -0.585. The SMILES string of the molecule is CNCCO.O=C(O)C1CC2CCCC2C1CCC[B]O. The quantitative estimate of drug-likeness (QED) is 0.418. The Kier molecular flexibility index (Phi) is 8.96. The molecule has 0 amide bonds. The molecule has 0 aliphatic heterocycles. The first-order valence-electron chi connectivity index (χ1n) is 8.09. The number of aliphatic carboxylic acids is 1. The van der Waals surface area contributed by atoms with E-state index < -0.39 is 5.97 Å². The normalized spacial score (nSPS) is 30.4. The summed E-state index contributed by atoms with van der Waals surface area (Å²) < 4.78 is 0. The number of aliphatic hydroxyl groups excluding tert-OH is 1. The fraction of sp³-hybridized carbons (Fsp3) is 0.933. The second-order valence-corrected chi connectivity index (χ2v) is 6.14. The molecule has 4 N–H and O–H groups in total. The number of aliphatic hydroxyl groups is 1. The fourth-order valence-corrected chi connectivity index (χ4v) is 3.98. The number of carboxylic acids is 1. The molecule has 2 rings (SSSR count). The molecule has 0 aromatic heterocycles. The molecule has 121 valence electrons. The standard InChI is InChI=1S/C12H20BO3.C3H9NO/c14-12(15)11-7-8-3-1-4-9(8)10(11)5-2-6-13-16;1-4-2-3-5/h8-11,16H,1-7H2,(H,14,15);4-5H,2-3H2,1H3. The van der Waals surface area contributed by atoms with Crippen LogP contribution in [0.15, 0.2) is 0 Å². The van der Waals surface area contributed by atoms with Crippen LogP contribution in [0.2, 0.25) is 6.32 Å². The van der Waals surface area contributed by atoms with Gasteiger partial charge in [0.2, 0.25) is 0 Å². The molecule has 0 aromatic rings. The Labute approximate surface area is 128 Å². The van der Waals surface area contributed by atoms with Crippen molar-refractivity contribution in [3.05, 3.63) is 0 Å². The number of carbonyl (C=O) groups is 1. The number of nitrogens with one attached hydrogen (secondary N) is 1. The van der Waals surface area contributed by atoms with Gasteiger partial charge in [-0.25, -0.2) is 0 Å². The van der Waals surface area contributed by atoms with Gasteiger partial charge in [0.1, 0.15) is 0 Å². The molecule has 2 saturated carbocycles.